The first-order valence-corrected chi connectivity index (χ1v) is 4.69. The second kappa shape index (κ2) is 3.76. The van der Waals surface area contributed by atoms with Crippen molar-refractivity contribution in [2.45, 2.75) is 6.18 Å². The van der Waals surface area contributed by atoms with Gasteiger partial charge in [-0.15, -0.1) is 0 Å². The molecule has 90 valence electrons. The molecule has 0 spiro atoms. The predicted octanol–water partition coefficient (Wildman–Crippen LogP) is 2.07. The average molecular weight is 243 g/mol. The molecule has 0 aliphatic heterocycles. The third-order valence-electron chi connectivity index (χ3n) is 2.27. The van der Waals surface area contributed by atoms with Gasteiger partial charge in [0.2, 0.25) is 5.95 Å². The standard InChI is InChI=1S/C10H8F3N3O/c1-16-7-5-3-2-4-6(7)14-9(16)15-8(17)10(11,12)13/h2-5H,1H3,(H,14,15,17). The van der Waals surface area contributed by atoms with Crippen LogP contribution in [0.15, 0.2) is 24.3 Å². The fourth-order valence-corrected chi connectivity index (χ4v) is 1.43. The molecule has 4 nitrogen and oxygen atoms in total. The summed E-state index contributed by atoms with van der Waals surface area (Å²) in [5.41, 5.74) is 1.16. The van der Waals surface area contributed by atoms with Crippen LogP contribution in [0.2, 0.25) is 0 Å². The highest BCUT2D eigenvalue weighted by atomic mass is 19.4. The zero-order chi connectivity index (χ0) is 12.6. The first-order valence-electron chi connectivity index (χ1n) is 4.69. The Morgan fingerprint density at radius 1 is 1.35 bits per heavy atom. The van der Waals surface area contributed by atoms with E-state index in [0.717, 1.165) is 0 Å². The lowest BCUT2D eigenvalue weighted by Gasteiger charge is -2.07. The van der Waals surface area contributed by atoms with Crippen LogP contribution < -0.4 is 5.32 Å². The predicted molar refractivity (Wildman–Crippen MR) is 55.4 cm³/mol. The van der Waals surface area contributed by atoms with Crippen LogP contribution in [-0.4, -0.2) is 21.6 Å². The van der Waals surface area contributed by atoms with Crippen LogP contribution in [0.25, 0.3) is 11.0 Å². The monoisotopic (exact) mass is 243 g/mol. The molecule has 0 aliphatic carbocycles. The van der Waals surface area contributed by atoms with Crippen molar-refractivity contribution >= 4 is 22.9 Å². The van der Waals surface area contributed by atoms with Crippen molar-refractivity contribution in [2.75, 3.05) is 5.32 Å². The summed E-state index contributed by atoms with van der Waals surface area (Å²) in [6.07, 6.45) is -4.92. The third-order valence-corrected chi connectivity index (χ3v) is 2.27. The zero-order valence-electron chi connectivity index (χ0n) is 8.75. The molecule has 0 saturated carbocycles. The lowest BCUT2D eigenvalue weighted by Crippen LogP contribution is -2.31. The molecule has 17 heavy (non-hydrogen) atoms. The van der Waals surface area contributed by atoms with Crippen LogP contribution in [0.3, 0.4) is 0 Å². The number of aryl methyl sites for hydroxylation is 1. The Morgan fingerprint density at radius 2 is 2.00 bits per heavy atom. The number of anilines is 1. The SMILES string of the molecule is Cn1c(NC(=O)C(F)(F)F)nc2ccccc21. The normalized spacial score (nSPS) is 11.8. The molecule has 1 N–H and O–H groups in total. The summed E-state index contributed by atoms with van der Waals surface area (Å²) in [6, 6.07) is 6.80. The molecule has 0 atom stereocenters. The van der Waals surface area contributed by atoms with E-state index < -0.39 is 12.1 Å². The van der Waals surface area contributed by atoms with Gasteiger partial charge in [-0.1, -0.05) is 12.1 Å². The minimum Gasteiger partial charge on any atom is -0.313 e. The molecule has 0 bridgehead atoms. The molecule has 2 aromatic rings. The van der Waals surface area contributed by atoms with Gasteiger partial charge in [0.05, 0.1) is 11.0 Å². The number of alkyl halides is 3. The minimum absolute atomic E-state index is 0.131. The van der Waals surface area contributed by atoms with Gasteiger partial charge in [0.15, 0.2) is 0 Å². The molecule has 0 radical (unpaired) electrons. The number of amides is 1. The Kier molecular flexibility index (Phi) is 2.53. The summed E-state index contributed by atoms with van der Waals surface area (Å²) in [5.74, 6) is -2.16. The van der Waals surface area contributed by atoms with Crippen molar-refractivity contribution in [1.82, 2.24) is 9.55 Å². The topological polar surface area (TPSA) is 46.9 Å². The number of aromatic nitrogens is 2. The Bertz CT molecular complexity index is 574. The van der Waals surface area contributed by atoms with Gasteiger partial charge in [0.25, 0.3) is 0 Å². The van der Waals surface area contributed by atoms with Crippen LogP contribution in [-0.2, 0) is 11.8 Å². The molecule has 1 heterocycles. The molecule has 1 amide bonds. The van der Waals surface area contributed by atoms with Gasteiger partial charge in [0.1, 0.15) is 0 Å². The molecule has 0 aliphatic rings. The van der Waals surface area contributed by atoms with Crippen LogP contribution >= 0.6 is 0 Å². The third kappa shape index (κ3) is 2.08. The smallest absolute Gasteiger partial charge is 0.313 e. The van der Waals surface area contributed by atoms with E-state index >= 15 is 0 Å². The summed E-state index contributed by atoms with van der Waals surface area (Å²) in [7, 11) is 1.53. The number of hydrogen-bond acceptors (Lipinski definition) is 2. The lowest BCUT2D eigenvalue weighted by molar-refractivity contribution is -0.167. The summed E-state index contributed by atoms with van der Waals surface area (Å²) in [6.45, 7) is 0. The number of carbonyl (C=O) groups excluding carboxylic acids is 1. The van der Waals surface area contributed by atoms with E-state index in [9.17, 15) is 18.0 Å². The second-order valence-corrected chi connectivity index (χ2v) is 3.44. The summed E-state index contributed by atoms with van der Waals surface area (Å²) < 4.78 is 37.6. The highest BCUT2D eigenvalue weighted by molar-refractivity contribution is 5.95. The number of fused-ring (bicyclic) bond motifs is 1. The van der Waals surface area contributed by atoms with Gasteiger partial charge in [-0.25, -0.2) is 4.98 Å². The van der Waals surface area contributed by atoms with Crippen molar-refractivity contribution in [3.05, 3.63) is 24.3 Å². The molecular formula is C10H8F3N3O. The van der Waals surface area contributed by atoms with Gasteiger partial charge in [0, 0.05) is 7.05 Å². The van der Waals surface area contributed by atoms with E-state index in [4.69, 9.17) is 0 Å². The summed E-state index contributed by atoms with van der Waals surface area (Å²) in [4.78, 5) is 14.7. The summed E-state index contributed by atoms with van der Waals surface area (Å²) in [5, 5.41) is 1.73. The van der Waals surface area contributed by atoms with Gasteiger partial charge in [-0.05, 0) is 12.1 Å². The number of para-hydroxylation sites is 2. The number of carbonyl (C=O) groups is 1. The maximum Gasteiger partial charge on any atom is 0.471 e. The molecule has 1 aromatic carbocycles. The number of nitrogens with one attached hydrogen (secondary N) is 1. The second-order valence-electron chi connectivity index (χ2n) is 3.44. The van der Waals surface area contributed by atoms with Crippen molar-refractivity contribution in [1.29, 1.82) is 0 Å². The average Bonchev–Trinajstić information content (AvgIpc) is 2.55. The highest BCUT2D eigenvalue weighted by Crippen LogP contribution is 2.21. The first-order chi connectivity index (χ1) is 7.89. The van der Waals surface area contributed by atoms with E-state index in [1.54, 1.807) is 29.6 Å². The van der Waals surface area contributed by atoms with Crippen molar-refractivity contribution in [3.63, 3.8) is 0 Å². The van der Waals surface area contributed by atoms with E-state index in [1.165, 1.54) is 11.6 Å². The number of nitrogens with zero attached hydrogens (tertiary/aromatic N) is 2. The van der Waals surface area contributed by atoms with Crippen molar-refractivity contribution in [2.24, 2.45) is 7.05 Å². The fourth-order valence-electron chi connectivity index (χ4n) is 1.43. The van der Waals surface area contributed by atoms with E-state index in [1.807, 2.05) is 0 Å². The summed E-state index contributed by atoms with van der Waals surface area (Å²) >= 11 is 0. The molecule has 2 rings (SSSR count). The quantitative estimate of drug-likeness (QED) is 0.833. The number of rotatable bonds is 1. The van der Waals surface area contributed by atoms with Crippen molar-refractivity contribution < 1.29 is 18.0 Å². The molecule has 0 saturated heterocycles. The highest BCUT2D eigenvalue weighted by Gasteiger charge is 2.39. The number of hydrogen-bond donors (Lipinski definition) is 1. The zero-order valence-corrected chi connectivity index (χ0v) is 8.75. The molecule has 7 heteroatoms. The Labute approximate surface area is 94.1 Å². The van der Waals surface area contributed by atoms with E-state index in [0.29, 0.717) is 11.0 Å². The van der Waals surface area contributed by atoms with Crippen LogP contribution in [0.4, 0.5) is 19.1 Å². The minimum atomic E-state index is -4.92. The number of benzene rings is 1. The van der Waals surface area contributed by atoms with Gasteiger partial charge in [-0.2, -0.15) is 13.2 Å². The largest absolute Gasteiger partial charge is 0.471 e. The number of imidazole rings is 1. The van der Waals surface area contributed by atoms with E-state index in [2.05, 4.69) is 4.98 Å². The van der Waals surface area contributed by atoms with Crippen LogP contribution in [0.1, 0.15) is 0 Å². The molecule has 0 unspecified atom stereocenters. The lowest BCUT2D eigenvalue weighted by atomic mass is 10.3. The first kappa shape index (κ1) is 11.4. The van der Waals surface area contributed by atoms with Gasteiger partial charge >= 0.3 is 12.1 Å². The fraction of sp³-hybridized carbons (Fsp3) is 0.200. The van der Waals surface area contributed by atoms with Crippen molar-refractivity contribution in [3.8, 4) is 0 Å². The van der Waals surface area contributed by atoms with Gasteiger partial charge in [-0.3, -0.25) is 10.1 Å². The Morgan fingerprint density at radius 3 is 2.59 bits per heavy atom. The maximum atomic E-state index is 12.1. The maximum absolute atomic E-state index is 12.1. The van der Waals surface area contributed by atoms with Gasteiger partial charge < -0.3 is 4.57 Å². The number of halogens is 3. The molecule has 1 aromatic heterocycles. The molecular weight excluding hydrogens is 235 g/mol. The Balaban J connectivity index is 2.37. The van der Waals surface area contributed by atoms with E-state index in [-0.39, 0.29) is 5.95 Å². The van der Waals surface area contributed by atoms with Crippen LogP contribution in [0.5, 0.6) is 0 Å². The Hall–Kier alpha value is -2.05. The molecule has 0 fully saturated rings. The van der Waals surface area contributed by atoms with Crippen LogP contribution in [0, 0.1) is 0 Å².